The summed E-state index contributed by atoms with van der Waals surface area (Å²) in [5.41, 5.74) is 8.91. The second-order valence-electron chi connectivity index (χ2n) is 3.13. The van der Waals surface area contributed by atoms with Crippen molar-refractivity contribution in [1.82, 2.24) is 8.77 Å². The Kier molecular flexibility index (Phi) is 5.75. The number of rotatable bonds is 3. The Balaban J connectivity index is 4.93. The van der Waals surface area contributed by atoms with Crippen LogP contribution in [0, 0.1) is 0 Å². The Labute approximate surface area is 109 Å². The van der Waals surface area contributed by atoms with E-state index >= 15 is 0 Å². The Morgan fingerprint density at radius 3 is 2.00 bits per heavy atom. The molecule has 0 spiro atoms. The fourth-order valence-electron chi connectivity index (χ4n) is 0.759. The zero-order valence-corrected chi connectivity index (χ0v) is 11.1. The van der Waals surface area contributed by atoms with Gasteiger partial charge >= 0.3 is 5.97 Å². The van der Waals surface area contributed by atoms with Crippen LogP contribution < -0.4 is 11.5 Å². The van der Waals surface area contributed by atoms with Gasteiger partial charge in [-0.2, -0.15) is 0 Å². The molecular weight excluding hydrogens is 268 g/mol. The quantitative estimate of drug-likeness (QED) is 0.282. The SMILES string of the molecule is CC(=O)N(S)OC(=O)C(N)(CN)N(S)C(C)=O. The molecule has 2 amide bonds. The topological polar surface area (TPSA) is 119 Å². The molecule has 1 unspecified atom stereocenters. The van der Waals surface area contributed by atoms with Crippen LogP contribution in [0.15, 0.2) is 0 Å². The van der Waals surface area contributed by atoms with Crippen molar-refractivity contribution >= 4 is 43.4 Å². The largest absolute Gasteiger partial charge is 0.375 e. The Bertz CT molecular complexity index is 340. The lowest BCUT2D eigenvalue weighted by atomic mass is 10.2. The molecule has 0 aliphatic carbocycles. The van der Waals surface area contributed by atoms with Crippen molar-refractivity contribution in [1.29, 1.82) is 0 Å². The van der Waals surface area contributed by atoms with Crippen molar-refractivity contribution in [3.63, 3.8) is 0 Å². The number of hydrogen-bond acceptors (Lipinski definition) is 8. The summed E-state index contributed by atoms with van der Waals surface area (Å²) in [5.74, 6) is -2.38. The molecule has 0 saturated heterocycles. The summed E-state index contributed by atoms with van der Waals surface area (Å²) in [5, 5.41) is 0. The molecule has 0 aromatic heterocycles. The first-order chi connectivity index (χ1) is 7.66. The van der Waals surface area contributed by atoms with Crippen LogP contribution in [-0.2, 0) is 19.2 Å². The number of carbonyl (C=O) groups is 3. The maximum absolute atomic E-state index is 11.6. The number of nitrogens with zero attached hydrogens (tertiary/aromatic N) is 2. The lowest BCUT2D eigenvalue weighted by Crippen LogP contribution is -2.65. The fourth-order valence-corrected chi connectivity index (χ4v) is 0.997. The first-order valence-electron chi connectivity index (χ1n) is 4.37. The van der Waals surface area contributed by atoms with Gasteiger partial charge in [0.05, 0.1) is 0 Å². The average Bonchev–Trinajstić information content (AvgIpc) is 2.26. The van der Waals surface area contributed by atoms with Crippen LogP contribution >= 0.6 is 25.6 Å². The third-order valence-electron chi connectivity index (χ3n) is 1.78. The molecule has 0 heterocycles. The van der Waals surface area contributed by atoms with Gasteiger partial charge in [0.2, 0.25) is 11.6 Å². The van der Waals surface area contributed by atoms with Crippen LogP contribution in [0.1, 0.15) is 13.8 Å². The second kappa shape index (κ2) is 6.10. The molecule has 0 bridgehead atoms. The molecule has 0 aliphatic rings. The molecule has 0 rings (SSSR count). The maximum atomic E-state index is 11.6. The minimum Gasteiger partial charge on any atom is -0.327 e. The molecule has 17 heavy (non-hydrogen) atoms. The monoisotopic (exact) mass is 282 g/mol. The molecule has 0 aliphatic heterocycles. The first-order valence-corrected chi connectivity index (χ1v) is 5.17. The number of amides is 2. The van der Waals surface area contributed by atoms with E-state index in [9.17, 15) is 14.4 Å². The standard InChI is InChI=1S/C7H14N4O4S2/c1-4(12)10(16)7(9,3-8)6(14)15-11(17)5(2)13/h16-17H,3,8-9H2,1-2H3. The first kappa shape index (κ1) is 16.0. The number of thiol groups is 2. The van der Waals surface area contributed by atoms with E-state index in [0.29, 0.717) is 8.77 Å². The van der Waals surface area contributed by atoms with E-state index < -0.39 is 30.0 Å². The van der Waals surface area contributed by atoms with Gasteiger partial charge in [-0.1, -0.05) is 12.8 Å². The number of nitrogens with two attached hydrogens (primary N) is 2. The fraction of sp³-hybridized carbons (Fsp3) is 0.571. The highest BCUT2D eigenvalue weighted by Gasteiger charge is 2.43. The van der Waals surface area contributed by atoms with Gasteiger partial charge in [0.25, 0.3) is 5.91 Å². The van der Waals surface area contributed by atoms with Gasteiger partial charge in [-0.3, -0.25) is 19.6 Å². The third kappa shape index (κ3) is 3.77. The predicted molar refractivity (Wildman–Crippen MR) is 65.1 cm³/mol. The van der Waals surface area contributed by atoms with Gasteiger partial charge in [0.15, 0.2) is 0 Å². The number of hydroxylamine groups is 1. The lowest BCUT2D eigenvalue weighted by molar-refractivity contribution is -0.184. The summed E-state index contributed by atoms with van der Waals surface area (Å²) in [6.45, 7) is 1.82. The summed E-state index contributed by atoms with van der Waals surface area (Å²) in [6.07, 6.45) is 0. The van der Waals surface area contributed by atoms with Gasteiger partial charge in [0, 0.05) is 20.4 Å². The highest BCUT2D eigenvalue weighted by Crippen LogP contribution is 2.14. The molecule has 4 N–H and O–H groups in total. The van der Waals surface area contributed by atoms with Crippen molar-refractivity contribution in [2.75, 3.05) is 6.54 Å². The van der Waals surface area contributed by atoms with Crippen molar-refractivity contribution < 1.29 is 19.2 Å². The zero-order valence-electron chi connectivity index (χ0n) is 9.28. The number of carbonyl (C=O) groups excluding carboxylic acids is 3. The van der Waals surface area contributed by atoms with Crippen molar-refractivity contribution in [2.24, 2.45) is 11.5 Å². The van der Waals surface area contributed by atoms with Crippen LogP contribution in [0.25, 0.3) is 0 Å². The van der Waals surface area contributed by atoms with E-state index in [4.69, 9.17) is 11.5 Å². The highest BCUT2D eigenvalue weighted by molar-refractivity contribution is 7.78. The van der Waals surface area contributed by atoms with E-state index in [-0.39, 0.29) is 0 Å². The van der Waals surface area contributed by atoms with E-state index in [1.54, 1.807) is 0 Å². The molecule has 0 saturated carbocycles. The van der Waals surface area contributed by atoms with Crippen LogP contribution in [0.5, 0.6) is 0 Å². The van der Waals surface area contributed by atoms with E-state index in [0.717, 1.165) is 13.8 Å². The van der Waals surface area contributed by atoms with Crippen molar-refractivity contribution in [3.8, 4) is 0 Å². The van der Waals surface area contributed by atoms with E-state index in [1.807, 2.05) is 0 Å². The normalized spacial score (nSPS) is 13.5. The highest BCUT2D eigenvalue weighted by atomic mass is 32.1. The van der Waals surface area contributed by atoms with Gasteiger partial charge < -0.3 is 10.6 Å². The third-order valence-corrected chi connectivity index (χ3v) is 2.78. The summed E-state index contributed by atoms with van der Waals surface area (Å²) in [7, 11) is 0. The summed E-state index contributed by atoms with van der Waals surface area (Å²) in [6, 6.07) is 0. The minimum atomic E-state index is -1.98. The molecule has 1 atom stereocenters. The summed E-state index contributed by atoms with van der Waals surface area (Å²) < 4.78 is 0.998. The molecular formula is C7H14N4O4S2. The molecule has 0 fully saturated rings. The van der Waals surface area contributed by atoms with Crippen LogP contribution in [0.3, 0.4) is 0 Å². The number of hydrogen-bond donors (Lipinski definition) is 4. The minimum absolute atomic E-state index is 0.376. The van der Waals surface area contributed by atoms with Gasteiger partial charge in [-0.05, 0) is 12.8 Å². The summed E-state index contributed by atoms with van der Waals surface area (Å²) >= 11 is 7.32. The second-order valence-corrected chi connectivity index (χ2v) is 3.89. The molecule has 98 valence electrons. The Morgan fingerprint density at radius 1 is 1.24 bits per heavy atom. The van der Waals surface area contributed by atoms with Crippen molar-refractivity contribution in [2.45, 2.75) is 19.5 Å². The van der Waals surface area contributed by atoms with E-state index in [2.05, 4.69) is 30.5 Å². The Morgan fingerprint density at radius 2 is 1.71 bits per heavy atom. The van der Waals surface area contributed by atoms with Crippen LogP contribution in [-0.4, -0.2) is 38.8 Å². The lowest BCUT2D eigenvalue weighted by Gasteiger charge is -2.33. The van der Waals surface area contributed by atoms with Gasteiger partial charge in [-0.25, -0.2) is 4.79 Å². The van der Waals surface area contributed by atoms with Crippen LogP contribution in [0.2, 0.25) is 0 Å². The average molecular weight is 282 g/mol. The van der Waals surface area contributed by atoms with Gasteiger partial charge in [0.1, 0.15) is 0 Å². The molecule has 10 heteroatoms. The van der Waals surface area contributed by atoms with Crippen molar-refractivity contribution in [3.05, 3.63) is 0 Å². The van der Waals surface area contributed by atoms with E-state index in [1.165, 1.54) is 0 Å². The van der Waals surface area contributed by atoms with Gasteiger partial charge in [-0.15, -0.1) is 4.47 Å². The smallest absolute Gasteiger partial charge is 0.327 e. The molecule has 0 aromatic carbocycles. The summed E-state index contributed by atoms with van der Waals surface area (Å²) in [4.78, 5) is 38.0. The molecule has 8 nitrogen and oxygen atoms in total. The zero-order chi connectivity index (χ0) is 13.8. The maximum Gasteiger partial charge on any atom is 0.375 e. The van der Waals surface area contributed by atoms with Crippen LogP contribution in [0.4, 0.5) is 0 Å². The predicted octanol–water partition coefficient (Wildman–Crippen LogP) is -1.56. The molecule has 0 radical (unpaired) electrons. The molecule has 0 aromatic rings. The Hall–Kier alpha value is -0.970.